The molecule has 1 saturated heterocycles. The van der Waals surface area contributed by atoms with Crippen LogP contribution in [-0.2, 0) is 33.8 Å². The first-order chi connectivity index (χ1) is 23.2. The Morgan fingerprint density at radius 2 is 1.67 bits per heavy atom. The lowest BCUT2D eigenvalue weighted by Gasteiger charge is -2.36. The van der Waals surface area contributed by atoms with Gasteiger partial charge in [0.05, 0.1) is 25.8 Å². The van der Waals surface area contributed by atoms with E-state index in [0.29, 0.717) is 45.2 Å². The van der Waals surface area contributed by atoms with E-state index in [1.54, 1.807) is 12.0 Å². The monoisotopic (exact) mass is 657 g/mol. The average molecular weight is 658 g/mol. The summed E-state index contributed by atoms with van der Waals surface area (Å²) in [5, 5.41) is 20.9. The van der Waals surface area contributed by atoms with Gasteiger partial charge in [0.2, 0.25) is 17.7 Å². The number of nitrogens with two attached hydrogens (primary N) is 1. The Morgan fingerprint density at radius 3 is 2.31 bits per heavy atom. The third-order valence-electron chi connectivity index (χ3n) is 9.53. The first-order valence-electron chi connectivity index (χ1n) is 16.9. The normalized spacial score (nSPS) is 18.5. The molecular formula is C38H51N5O5. The van der Waals surface area contributed by atoms with E-state index in [1.165, 1.54) is 0 Å². The van der Waals surface area contributed by atoms with Crippen LogP contribution in [-0.4, -0.2) is 78.2 Å². The molecule has 0 spiro atoms. The number of carbonyl (C=O) groups is 3. The maximum atomic E-state index is 14.3. The number of nitrogens with zero attached hydrogens (tertiary/aromatic N) is 1. The Labute approximate surface area is 284 Å². The van der Waals surface area contributed by atoms with Gasteiger partial charge in [-0.3, -0.25) is 14.4 Å². The number of nitrogens with one attached hydrogen (secondary N) is 3. The van der Waals surface area contributed by atoms with Crippen LogP contribution < -0.4 is 26.4 Å². The smallest absolute Gasteiger partial charge is 0.249 e. The molecule has 0 bridgehead atoms. The SMILES string of the molecule is CC[C@H](C)C1(NC(=O)CN)CCN([C@@H](CCc2ccccc2)C(=O)N[C@@H](Cc2ccccc2)[C@H](O)CNCc2cccc(OC)c2)C1=O. The first kappa shape index (κ1) is 36.6. The van der Waals surface area contributed by atoms with Crippen LogP contribution in [0.5, 0.6) is 5.75 Å². The second-order valence-electron chi connectivity index (χ2n) is 12.7. The maximum absolute atomic E-state index is 14.3. The molecule has 258 valence electrons. The van der Waals surface area contributed by atoms with Crippen LogP contribution >= 0.6 is 0 Å². The number of ether oxygens (including phenoxy) is 1. The molecule has 1 aliphatic rings. The zero-order chi connectivity index (χ0) is 34.5. The molecule has 5 atom stereocenters. The van der Waals surface area contributed by atoms with Crippen molar-refractivity contribution in [3.63, 3.8) is 0 Å². The summed E-state index contributed by atoms with van der Waals surface area (Å²) in [6.07, 6.45) is 1.47. The van der Waals surface area contributed by atoms with Crippen LogP contribution in [0.2, 0.25) is 0 Å². The highest BCUT2D eigenvalue weighted by Gasteiger charge is 2.53. The lowest BCUT2D eigenvalue weighted by molar-refractivity contribution is -0.144. The Bertz CT molecular complexity index is 1470. The van der Waals surface area contributed by atoms with Crippen LogP contribution in [0, 0.1) is 5.92 Å². The number of benzene rings is 3. The van der Waals surface area contributed by atoms with Crippen LogP contribution in [0.15, 0.2) is 84.9 Å². The number of aliphatic hydroxyl groups excluding tert-OH is 1. The molecule has 48 heavy (non-hydrogen) atoms. The molecule has 1 unspecified atom stereocenters. The van der Waals surface area contributed by atoms with Gasteiger partial charge in [-0.25, -0.2) is 0 Å². The number of aryl methyl sites for hydroxylation is 1. The van der Waals surface area contributed by atoms with Crippen molar-refractivity contribution in [2.75, 3.05) is 26.7 Å². The number of hydrogen-bond acceptors (Lipinski definition) is 7. The van der Waals surface area contributed by atoms with Crippen molar-refractivity contribution in [1.82, 2.24) is 20.9 Å². The van der Waals surface area contributed by atoms with Gasteiger partial charge in [-0.2, -0.15) is 0 Å². The second-order valence-corrected chi connectivity index (χ2v) is 12.7. The van der Waals surface area contributed by atoms with Gasteiger partial charge < -0.3 is 36.4 Å². The van der Waals surface area contributed by atoms with Gasteiger partial charge in [0.1, 0.15) is 17.3 Å². The summed E-state index contributed by atoms with van der Waals surface area (Å²) in [7, 11) is 1.62. The van der Waals surface area contributed by atoms with Gasteiger partial charge >= 0.3 is 0 Å². The first-order valence-corrected chi connectivity index (χ1v) is 16.9. The summed E-state index contributed by atoms with van der Waals surface area (Å²) in [5.41, 5.74) is 7.53. The molecule has 0 saturated carbocycles. The van der Waals surface area contributed by atoms with E-state index >= 15 is 0 Å². The van der Waals surface area contributed by atoms with E-state index in [1.807, 2.05) is 98.8 Å². The van der Waals surface area contributed by atoms with Crippen molar-refractivity contribution < 1.29 is 24.2 Å². The van der Waals surface area contributed by atoms with E-state index < -0.39 is 29.6 Å². The van der Waals surface area contributed by atoms with Crippen LogP contribution in [0.3, 0.4) is 0 Å². The van der Waals surface area contributed by atoms with E-state index in [2.05, 4.69) is 16.0 Å². The Balaban J connectivity index is 1.57. The van der Waals surface area contributed by atoms with E-state index in [9.17, 15) is 19.5 Å². The molecule has 1 fully saturated rings. The summed E-state index contributed by atoms with van der Waals surface area (Å²) >= 11 is 0. The molecule has 4 rings (SSSR count). The maximum Gasteiger partial charge on any atom is 0.249 e. The summed E-state index contributed by atoms with van der Waals surface area (Å²) < 4.78 is 5.33. The molecule has 10 nitrogen and oxygen atoms in total. The topological polar surface area (TPSA) is 146 Å². The minimum absolute atomic E-state index is 0.161. The zero-order valence-electron chi connectivity index (χ0n) is 28.4. The summed E-state index contributed by atoms with van der Waals surface area (Å²) in [4.78, 5) is 42.8. The Kier molecular flexibility index (Phi) is 13.5. The van der Waals surface area contributed by atoms with Gasteiger partial charge in [0, 0.05) is 19.6 Å². The lowest BCUT2D eigenvalue weighted by atomic mass is 9.81. The molecule has 6 N–H and O–H groups in total. The highest BCUT2D eigenvalue weighted by molar-refractivity contribution is 5.97. The van der Waals surface area contributed by atoms with Crippen molar-refractivity contribution >= 4 is 17.7 Å². The van der Waals surface area contributed by atoms with Crippen LogP contribution in [0.4, 0.5) is 0 Å². The number of likely N-dealkylation sites (tertiary alicyclic amines) is 1. The predicted molar refractivity (Wildman–Crippen MR) is 187 cm³/mol. The Morgan fingerprint density at radius 1 is 1.00 bits per heavy atom. The molecule has 3 aromatic rings. The molecule has 0 aromatic heterocycles. The minimum Gasteiger partial charge on any atom is -0.497 e. The fourth-order valence-electron chi connectivity index (χ4n) is 6.50. The number of methoxy groups -OCH3 is 1. The average Bonchev–Trinajstić information content (AvgIpc) is 3.44. The molecule has 3 aromatic carbocycles. The fraction of sp³-hybridized carbons (Fsp3) is 0.447. The molecule has 1 heterocycles. The van der Waals surface area contributed by atoms with Gasteiger partial charge in [0.25, 0.3) is 0 Å². The van der Waals surface area contributed by atoms with Crippen molar-refractivity contribution in [2.45, 2.75) is 76.2 Å². The van der Waals surface area contributed by atoms with Gasteiger partial charge in [-0.05, 0) is 60.4 Å². The Hall–Kier alpha value is -4.25. The van der Waals surface area contributed by atoms with Crippen molar-refractivity contribution in [2.24, 2.45) is 11.7 Å². The molecule has 3 amide bonds. The summed E-state index contributed by atoms with van der Waals surface area (Å²) in [5.74, 6) is -0.416. The van der Waals surface area contributed by atoms with Crippen molar-refractivity contribution in [1.29, 1.82) is 0 Å². The molecular weight excluding hydrogens is 606 g/mol. The highest BCUT2D eigenvalue weighted by atomic mass is 16.5. The standard InChI is InChI=1S/C38H51N5O5/c1-4-27(2)38(42-35(45)24-39)20-21-43(37(38)47)33(19-18-28-12-7-5-8-13-28)36(46)41-32(23-29-14-9-6-10-15-29)34(44)26-40-25-30-16-11-17-31(22-30)48-3/h5-17,22,27,32-34,40,44H,4,18-21,23-26,39H2,1-3H3,(H,41,46)(H,42,45)/t27-,32-,33-,34+,38?/m0/s1. The molecule has 1 aliphatic heterocycles. The van der Waals surface area contributed by atoms with Gasteiger partial charge in [-0.1, -0.05) is 93.1 Å². The summed E-state index contributed by atoms with van der Waals surface area (Å²) in [6, 6.07) is 25.8. The third kappa shape index (κ3) is 9.43. The highest BCUT2D eigenvalue weighted by Crippen LogP contribution is 2.34. The number of aliphatic hydroxyl groups is 1. The van der Waals surface area contributed by atoms with E-state index in [4.69, 9.17) is 10.5 Å². The van der Waals surface area contributed by atoms with Gasteiger partial charge in [-0.15, -0.1) is 0 Å². The molecule has 0 aliphatic carbocycles. The van der Waals surface area contributed by atoms with Crippen LogP contribution in [0.1, 0.15) is 49.8 Å². The minimum atomic E-state index is -1.14. The largest absolute Gasteiger partial charge is 0.497 e. The number of amides is 3. The molecule has 10 heteroatoms. The quantitative estimate of drug-likeness (QED) is 0.141. The van der Waals surface area contributed by atoms with Crippen molar-refractivity contribution in [3.05, 3.63) is 102 Å². The zero-order valence-corrected chi connectivity index (χ0v) is 28.4. The van der Waals surface area contributed by atoms with E-state index in [-0.39, 0.29) is 30.8 Å². The molecule has 0 radical (unpaired) electrons. The fourth-order valence-corrected chi connectivity index (χ4v) is 6.50. The third-order valence-corrected chi connectivity index (χ3v) is 9.53. The number of hydrogen-bond donors (Lipinski definition) is 5. The van der Waals surface area contributed by atoms with Gasteiger partial charge in [0.15, 0.2) is 0 Å². The lowest BCUT2D eigenvalue weighted by Crippen LogP contribution is -2.61. The van der Waals surface area contributed by atoms with E-state index in [0.717, 1.165) is 22.4 Å². The number of carbonyl (C=O) groups excluding carboxylic acids is 3. The van der Waals surface area contributed by atoms with Crippen LogP contribution in [0.25, 0.3) is 0 Å². The number of rotatable bonds is 18. The van der Waals surface area contributed by atoms with Crippen molar-refractivity contribution in [3.8, 4) is 5.75 Å². The predicted octanol–water partition coefficient (Wildman–Crippen LogP) is 2.97. The summed E-state index contributed by atoms with van der Waals surface area (Å²) in [6.45, 7) is 4.75. The second kappa shape index (κ2) is 17.8.